The van der Waals surface area contributed by atoms with E-state index in [0.717, 1.165) is 15.4 Å². The number of hydrogen-bond acceptors (Lipinski definition) is 16. The zero-order valence-electron chi connectivity index (χ0n) is 50.2. The molecule has 0 radical (unpaired) electrons. The third-order valence-corrected chi connectivity index (χ3v) is 16.0. The Morgan fingerprint density at radius 2 is 1.57 bits per heavy atom. The van der Waals surface area contributed by atoms with Crippen LogP contribution in [-0.4, -0.2) is 167 Å². The summed E-state index contributed by atoms with van der Waals surface area (Å²) in [6, 6.07) is 2.16. The van der Waals surface area contributed by atoms with Gasteiger partial charge in [-0.2, -0.15) is 0 Å². The van der Waals surface area contributed by atoms with Crippen LogP contribution in [0.5, 0.6) is 0 Å². The van der Waals surface area contributed by atoms with Gasteiger partial charge in [0.05, 0.1) is 37.4 Å². The van der Waals surface area contributed by atoms with Gasteiger partial charge in [0.1, 0.15) is 42.6 Å². The van der Waals surface area contributed by atoms with Crippen LogP contribution in [0.15, 0.2) is 72.4 Å². The summed E-state index contributed by atoms with van der Waals surface area (Å²) in [6.07, 6.45) is 11.4. The molecular formula is C61H86N8O17. The van der Waals surface area contributed by atoms with Gasteiger partial charge in [0.2, 0.25) is 17.7 Å². The lowest BCUT2D eigenvalue weighted by Gasteiger charge is -2.39. The van der Waals surface area contributed by atoms with Crippen LogP contribution < -0.4 is 37.2 Å². The number of imide groups is 1. The van der Waals surface area contributed by atoms with Crippen LogP contribution in [0.4, 0.5) is 15.3 Å². The molecule has 1 saturated carbocycles. The highest BCUT2D eigenvalue weighted by Gasteiger charge is 2.58. The molecule has 3 saturated heterocycles. The number of carboxylic acids is 1. The highest BCUT2D eigenvalue weighted by molar-refractivity contribution is 6.12. The third kappa shape index (κ3) is 20.3. The van der Waals surface area contributed by atoms with Crippen molar-refractivity contribution < 1.29 is 81.8 Å². The number of allylic oxidation sites excluding steroid dienone is 2. The van der Waals surface area contributed by atoms with E-state index in [1.807, 2.05) is 19.9 Å². The summed E-state index contributed by atoms with van der Waals surface area (Å²) < 4.78 is 28.9. The van der Waals surface area contributed by atoms with Gasteiger partial charge in [-0.05, 0) is 108 Å². The topological polar surface area (TPSA) is 353 Å². The predicted octanol–water partition coefficient (Wildman–Crippen LogP) is 3.80. The fraction of sp³-hybridized carbons (Fsp3) is 0.607. The number of benzene rings is 1. The van der Waals surface area contributed by atoms with Crippen molar-refractivity contribution in [3.8, 4) is 0 Å². The number of primary amides is 1. The quantitative estimate of drug-likeness (QED) is 0.0136. The summed E-state index contributed by atoms with van der Waals surface area (Å²) >= 11 is 0. The number of aliphatic carboxylic acids is 1. The van der Waals surface area contributed by atoms with Crippen molar-refractivity contribution in [3.63, 3.8) is 0 Å². The molecule has 0 unspecified atom stereocenters. The Morgan fingerprint density at radius 1 is 0.884 bits per heavy atom. The minimum atomic E-state index is -1.42. The fourth-order valence-corrected chi connectivity index (χ4v) is 11.0. The van der Waals surface area contributed by atoms with Crippen LogP contribution in [0.3, 0.4) is 0 Å². The maximum absolute atomic E-state index is 14.5. The number of alkyl carbamates (subject to hydrolysis) is 1. The Morgan fingerprint density at radius 3 is 2.21 bits per heavy atom. The molecule has 4 aliphatic heterocycles. The Hall–Kier alpha value is -7.48. The smallest absolute Gasteiger partial charge is 0.407 e. The van der Waals surface area contributed by atoms with E-state index in [4.69, 9.17) is 29.4 Å². The van der Waals surface area contributed by atoms with Crippen LogP contribution >= 0.6 is 0 Å². The van der Waals surface area contributed by atoms with Crippen molar-refractivity contribution in [2.45, 2.75) is 205 Å². The molecule has 25 heteroatoms. The number of nitrogens with one attached hydrogen (secondary N) is 5. The van der Waals surface area contributed by atoms with Crippen LogP contribution in [-0.2, 0) is 68.6 Å². The van der Waals surface area contributed by atoms with E-state index < -0.39 is 83.9 Å². The van der Waals surface area contributed by atoms with E-state index in [0.29, 0.717) is 63.5 Å². The number of rotatable bonds is 30. The molecule has 86 heavy (non-hydrogen) atoms. The lowest BCUT2D eigenvalue weighted by atomic mass is 9.85. The SMILES string of the molecule is CC(=O)O[C@@H](C)/C=C\C(=O)N[C@@H]1C[C@H](C)[C@H](C/C=C(C)/C=C/[C@H]2O[C@H](CC(=O)NC3CC(NC(=O)OCc4ccc(N(C(=O)[C@@H](NC(=O)CCCCCN5C(=O)C=CC5=O)C(C)C)[C@@H](CCCNC(N)=O)C(=O)O)cc4)C3)C[C@@]3(CO3)[C@@H]2O)O[C@@H]1C. The van der Waals surface area contributed by atoms with Crippen molar-refractivity contribution >= 4 is 65.2 Å². The largest absolute Gasteiger partial charge is 0.480 e. The summed E-state index contributed by atoms with van der Waals surface area (Å²) in [6.45, 7) is 12.8. The maximum atomic E-state index is 14.5. The number of anilines is 1. The zero-order valence-corrected chi connectivity index (χ0v) is 50.2. The number of nitrogens with two attached hydrogens (primary N) is 1. The summed E-state index contributed by atoms with van der Waals surface area (Å²) in [5.41, 5.74) is 6.04. The van der Waals surface area contributed by atoms with Crippen molar-refractivity contribution in [2.75, 3.05) is 24.6 Å². The number of carboxylic acid groups (broad SMARTS) is 1. The van der Waals surface area contributed by atoms with Crippen molar-refractivity contribution in [1.29, 1.82) is 0 Å². The number of esters is 1. The molecule has 6 rings (SSSR count). The Bertz CT molecular complexity index is 2700. The van der Waals surface area contributed by atoms with Crippen molar-refractivity contribution in [3.05, 3.63) is 77.9 Å². The summed E-state index contributed by atoms with van der Waals surface area (Å²) in [5, 5.41) is 35.7. The molecule has 1 aromatic carbocycles. The molecular weight excluding hydrogens is 1120 g/mol. The molecule has 0 bridgehead atoms. The first-order chi connectivity index (χ1) is 40.8. The minimum Gasteiger partial charge on any atom is -0.480 e. The number of hydrogen-bond donors (Lipinski definition) is 8. The van der Waals surface area contributed by atoms with E-state index in [-0.39, 0.29) is 111 Å². The first-order valence-electron chi connectivity index (χ1n) is 29.7. The molecule has 0 aromatic heterocycles. The number of carbonyl (C=O) groups is 10. The van der Waals surface area contributed by atoms with Crippen LogP contribution in [0.2, 0.25) is 0 Å². The average Bonchev–Trinajstić information content (AvgIpc) is 1.70. The Kier molecular flexibility index (Phi) is 25.0. The Balaban J connectivity index is 0.938. The number of aliphatic hydroxyl groups is 1. The number of unbranched alkanes of at least 4 members (excludes halogenated alkanes) is 2. The molecule has 9 amide bonds. The molecule has 1 spiro atoms. The van der Waals surface area contributed by atoms with Gasteiger partial charge in [0, 0.05) is 68.9 Å². The number of aliphatic hydroxyl groups excluding tert-OH is 1. The van der Waals surface area contributed by atoms with Crippen LogP contribution in [0, 0.1) is 11.8 Å². The lowest BCUT2D eigenvalue weighted by molar-refractivity contribution is -0.146. The van der Waals surface area contributed by atoms with Gasteiger partial charge in [-0.3, -0.25) is 43.4 Å². The van der Waals surface area contributed by atoms with Crippen molar-refractivity contribution in [1.82, 2.24) is 31.5 Å². The van der Waals surface area contributed by atoms with Gasteiger partial charge in [-0.15, -0.1) is 0 Å². The fourth-order valence-electron chi connectivity index (χ4n) is 11.0. The van der Waals surface area contributed by atoms with E-state index in [1.54, 1.807) is 39.0 Å². The minimum absolute atomic E-state index is 0.0365. The molecule has 4 heterocycles. The monoisotopic (exact) mass is 1200 g/mol. The molecule has 5 aliphatic rings. The average molecular weight is 1200 g/mol. The number of amides is 9. The number of ether oxygens (including phenoxy) is 5. The summed E-state index contributed by atoms with van der Waals surface area (Å²) in [7, 11) is 0. The molecule has 11 atom stereocenters. The van der Waals surface area contributed by atoms with E-state index in [9.17, 15) is 58.2 Å². The molecule has 472 valence electrons. The molecule has 1 aromatic rings. The second-order valence-corrected chi connectivity index (χ2v) is 23.4. The van der Waals surface area contributed by atoms with Gasteiger partial charge < -0.3 is 66.2 Å². The first-order valence-corrected chi connectivity index (χ1v) is 29.7. The van der Waals surface area contributed by atoms with Gasteiger partial charge in [0.15, 0.2) is 0 Å². The second kappa shape index (κ2) is 31.8. The summed E-state index contributed by atoms with van der Waals surface area (Å²) in [4.78, 5) is 128. The number of nitrogens with zero attached hydrogens (tertiary/aromatic N) is 2. The standard InChI is InChI=1S/C61H86N8O17/c1-35(2)55(67-50(71)13-9-8-10-27-68-53(74)24-25-54(68)75)57(77)69(47(58(78)79)12-11-26-63-59(62)80)44-19-17-41(18-20-44)33-82-60(81)65-43-29-42(30-43)64-52(73)31-45-32-61(34-83-61)56(76)49(86-45)22-15-36(3)14-21-48-37(4)28-46(39(6)85-48)66-51(72)23-16-38(5)84-40(7)70/h14-20,22-25,35,37-39,42-43,45-49,55-56,76H,8-13,21,26-34H2,1-7H3,(H,64,73)(H,65,81)(H,66,72)(H,67,71)(H,78,79)(H3,62,63,80)/b22-15+,23-16-,36-14+/t37-,38-,39+,42?,43?,45+,46+,47-,48-,49+,55-,56+,61+/m0/s1. The number of epoxide rings is 1. The van der Waals surface area contributed by atoms with E-state index >= 15 is 0 Å². The predicted molar refractivity (Wildman–Crippen MR) is 312 cm³/mol. The molecule has 1 aliphatic carbocycles. The third-order valence-electron chi connectivity index (χ3n) is 16.0. The van der Waals surface area contributed by atoms with Crippen LogP contribution in [0.25, 0.3) is 0 Å². The molecule has 9 N–H and O–H groups in total. The Labute approximate surface area is 501 Å². The lowest BCUT2D eigenvalue weighted by Crippen LogP contribution is -2.56. The highest BCUT2D eigenvalue weighted by atomic mass is 16.6. The van der Waals surface area contributed by atoms with E-state index in [1.165, 1.54) is 43.4 Å². The normalized spacial score (nSPS) is 26.4. The molecule has 4 fully saturated rings. The number of carbonyl (C=O) groups excluding carboxylic acids is 9. The van der Waals surface area contributed by atoms with E-state index in [2.05, 4.69) is 39.6 Å². The van der Waals surface area contributed by atoms with Crippen molar-refractivity contribution in [2.24, 2.45) is 17.6 Å². The van der Waals surface area contributed by atoms with Gasteiger partial charge >= 0.3 is 24.1 Å². The highest BCUT2D eigenvalue weighted by Crippen LogP contribution is 2.43. The van der Waals surface area contributed by atoms with Crippen LogP contribution in [0.1, 0.15) is 131 Å². The van der Waals surface area contributed by atoms with Gasteiger partial charge in [0.25, 0.3) is 17.7 Å². The number of urea groups is 1. The molecule has 25 nitrogen and oxygen atoms in total. The zero-order chi connectivity index (χ0) is 62.8. The first kappa shape index (κ1) is 67.6. The maximum Gasteiger partial charge on any atom is 0.407 e. The summed E-state index contributed by atoms with van der Waals surface area (Å²) in [5.74, 6) is -4.53. The van der Waals surface area contributed by atoms with Gasteiger partial charge in [-0.25, -0.2) is 14.4 Å². The second-order valence-electron chi connectivity index (χ2n) is 23.4. The van der Waals surface area contributed by atoms with Gasteiger partial charge in [-0.1, -0.05) is 63.1 Å².